The summed E-state index contributed by atoms with van der Waals surface area (Å²) >= 11 is 3.40. The van der Waals surface area contributed by atoms with E-state index in [0.717, 1.165) is 12.8 Å². The average Bonchev–Trinajstić information content (AvgIpc) is 2.52. The predicted octanol–water partition coefficient (Wildman–Crippen LogP) is 1.65. The van der Waals surface area contributed by atoms with Crippen LogP contribution in [0.25, 0.3) is 0 Å². The highest BCUT2D eigenvalue weighted by molar-refractivity contribution is 9.09. The van der Waals surface area contributed by atoms with E-state index >= 15 is 0 Å². The smallest absolute Gasteiger partial charge is 0.214 e. The Bertz CT molecular complexity index is 321. The number of nitrogens with one attached hydrogen (secondary N) is 1. The Balaban J connectivity index is 2.57. The molecule has 2 unspecified atom stereocenters. The second-order valence-corrected chi connectivity index (χ2v) is 8.00. The molecule has 96 valence electrons. The fourth-order valence-electron chi connectivity index (χ4n) is 1.54. The lowest BCUT2D eigenvalue weighted by Gasteiger charge is -2.29. The van der Waals surface area contributed by atoms with E-state index in [-0.39, 0.29) is 16.7 Å². The Labute approximate surface area is 106 Å². The third-order valence-electron chi connectivity index (χ3n) is 2.84. The van der Waals surface area contributed by atoms with Crippen LogP contribution in [-0.2, 0) is 14.8 Å². The molecular formula is C10H20BrNO3S. The summed E-state index contributed by atoms with van der Waals surface area (Å²) in [5.74, 6) is 0.0656. The largest absolute Gasteiger partial charge is 0.377 e. The molecule has 0 spiro atoms. The van der Waals surface area contributed by atoms with Crippen LogP contribution in [0.4, 0.5) is 0 Å². The van der Waals surface area contributed by atoms with Gasteiger partial charge in [-0.1, -0.05) is 22.9 Å². The van der Waals surface area contributed by atoms with Crippen molar-refractivity contribution in [3.63, 3.8) is 0 Å². The zero-order valence-corrected chi connectivity index (χ0v) is 12.4. The van der Waals surface area contributed by atoms with Gasteiger partial charge >= 0.3 is 0 Å². The zero-order valence-electron chi connectivity index (χ0n) is 9.99. The van der Waals surface area contributed by atoms with Crippen molar-refractivity contribution in [2.75, 3.05) is 12.4 Å². The number of alkyl halides is 1. The van der Waals surface area contributed by atoms with Gasteiger partial charge in [0.25, 0.3) is 0 Å². The molecule has 16 heavy (non-hydrogen) atoms. The molecule has 1 heterocycles. The molecule has 0 aromatic rings. The summed E-state index contributed by atoms with van der Waals surface area (Å²) in [6.45, 7) is 6.33. The molecule has 0 aliphatic carbocycles. The lowest BCUT2D eigenvalue weighted by atomic mass is 10.0. The first kappa shape index (κ1) is 14.4. The van der Waals surface area contributed by atoms with Gasteiger partial charge in [0, 0.05) is 17.0 Å². The van der Waals surface area contributed by atoms with Crippen LogP contribution in [0, 0.1) is 0 Å². The maximum Gasteiger partial charge on any atom is 0.214 e. The topological polar surface area (TPSA) is 55.4 Å². The van der Waals surface area contributed by atoms with Gasteiger partial charge in [-0.3, -0.25) is 0 Å². The van der Waals surface area contributed by atoms with Crippen LogP contribution < -0.4 is 4.72 Å². The minimum absolute atomic E-state index is 0.0656. The second-order valence-electron chi connectivity index (χ2n) is 4.86. The van der Waals surface area contributed by atoms with Crippen LogP contribution >= 0.6 is 15.9 Å². The van der Waals surface area contributed by atoms with E-state index in [1.54, 1.807) is 0 Å². The van der Waals surface area contributed by atoms with Gasteiger partial charge in [-0.2, -0.15) is 0 Å². The molecular weight excluding hydrogens is 294 g/mol. The van der Waals surface area contributed by atoms with Crippen molar-refractivity contribution in [2.45, 2.75) is 50.1 Å². The molecule has 1 saturated heterocycles. The molecule has 1 aliphatic rings. The number of rotatable bonds is 5. The Morgan fingerprint density at radius 1 is 1.56 bits per heavy atom. The maximum atomic E-state index is 11.9. The Hall–Kier alpha value is 0.350. The highest BCUT2D eigenvalue weighted by Crippen LogP contribution is 2.19. The van der Waals surface area contributed by atoms with Gasteiger partial charge in [-0.15, -0.1) is 0 Å². The van der Waals surface area contributed by atoms with Crippen molar-refractivity contribution in [3.8, 4) is 0 Å². The molecule has 0 bridgehead atoms. The van der Waals surface area contributed by atoms with Crippen LogP contribution in [0.2, 0.25) is 0 Å². The molecule has 1 N–H and O–H groups in total. The summed E-state index contributed by atoms with van der Waals surface area (Å²) in [4.78, 5) is 0.0688. The Morgan fingerprint density at radius 3 is 2.62 bits per heavy atom. The molecule has 0 radical (unpaired) electrons. The summed E-state index contributed by atoms with van der Waals surface area (Å²) in [5.41, 5.74) is -0.489. The van der Waals surface area contributed by atoms with Crippen LogP contribution in [-0.4, -0.2) is 37.2 Å². The van der Waals surface area contributed by atoms with Crippen molar-refractivity contribution in [2.24, 2.45) is 0 Å². The predicted molar refractivity (Wildman–Crippen MR) is 68.4 cm³/mol. The lowest BCUT2D eigenvalue weighted by Crippen LogP contribution is -2.50. The molecule has 1 fully saturated rings. The molecule has 0 aromatic heterocycles. The van der Waals surface area contributed by atoms with Crippen molar-refractivity contribution in [3.05, 3.63) is 0 Å². The molecule has 0 saturated carbocycles. The Kier molecular flexibility index (Phi) is 4.80. The minimum Gasteiger partial charge on any atom is -0.377 e. The monoisotopic (exact) mass is 313 g/mol. The number of hydrogen-bond acceptors (Lipinski definition) is 3. The van der Waals surface area contributed by atoms with E-state index in [4.69, 9.17) is 4.74 Å². The van der Waals surface area contributed by atoms with Crippen LogP contribution in [0.3, 0.4) is 0 Å². The van der Waals surface area contributed by atoms with Gasteiger partial charge in [-0.25, -0.2) is 13.1 Å². The fourth-order valence-corrected chi connectivity index (χ4v) is 3.62. The molecule has 4 nitrogen and oxygen atoms in total. The van der Waals surface area contributed by atoms with Crippen molar-refractivity contribution >= 4 is 26.0 Å². The minimum atomic E-state index is -3.27. The first-order chi connectivity index (χ1) is 7.23. The van der Waals surface area contributed by atoms with Gasteiger partial charge in [0.05, 0.1) is 11.9 Å². The maximum absolute atomic E-state index is 11.9. The van der Waals surface area contributed by atoms with Crippen LogP contribution in [0.15, 0.2) is 0 Å². The van der Waals surface area contributed by atoms with Crippen molar-refractivity contribution in [1.82, 2.24) is 4.72 Å². The summed E-state index contributed by atoms with van der Waals surface area (Å²) in [7, 11) is -3.27. The van der Waals surface area contributed by atoms with Crippen LogP contribution in [0.1, 0.15) is 33.6 Å². The van der Waals surface area contributed by atoms with E-state index < -0.39 is 15.6 Å². The van der Waals surface area contributed by atoms with Crippen molar-refractivity contribution < 1.29 is 13.2 Å². The van der Waals surface area contributed by atoms with Crippen molar-refractivity contribution in [1.29, 1.82) is 0 Å². The van der Waals surface area contributed by atoms with Crippen LogP contribution in [0.5, 0.6) is 0 Å². The standard InChI is InChI=1S/C10H20BrNO3S/c1-8(11)10(2,3)12-16(13,14)7-9-5-4-6-15-9/h8-9,12H,4-7H2,1-3H3. The number of halogens is 1. The lowest BCUT2D eigenvalue weighted by molar-refractivity contribution is 0.127. The van der Waals surface area contributed by atoms with Gasteiger partial charge in [0.1, 0.15) is 0 Å². The van der Waals surface area contributed by atoms with E-state index in [2.05, 4.69) is 20.7 Å². The third-order valence-corrected chi connectivity index (χ3v) is 5.63. The quantitative estimate of drug-likeness (QED) is 0.785. The molecule has 0 aromatic carbocycles. The number of hydrogen-bond donors (Lipinski definition) is 1. The first-order valence-electron chi connectivity index (χ1n) is 5.50. The highest BCUT2D eigenvalue weighted by atomic mass is 79.9. The van der Waals surface area contributed by atoms with E-state index in [0.29, 0.717) is 6.61 Å². The normalized spacial score (nSPS) is 24.6. The molecule has 1 rings (SSSR count). The van der Waals surface area contributed by atoms with E-state index in [1.807, 2.05) is 20.8 Å². The average molecular weight is 314 g/mol. The summed E-state index contributed by atoms with van der Waals surface area (Å²) < 4.78 is 31.8. The third kappa shape index (κ3) is 4.31. The van der Waals surface area contributed by atoms with E-state index in [9.17, 15) is 8.42 Å². The molecule has 2 atom stereocenters. The highest BCUT2D eigenvalue weighted by Gasteiger charge is 2.31. The summed E-state index contributed by atoms with van der Waals surface area (Å²) in [6, 6.07) is 0. The number of ether oxygens (including phenoxy) is 1. The van der Waals surface area contributed by atoms with Gasteiger partial charge in [-0.05, 0) is 26.7 Å². The van der Waals surface area contributed by atoms with Gasteiger partial charge in [0.15, 0.2) is 0 Å². The molecule has 1 aliphatic heterocycles. The first-order valence-corrected chi connectivity index (χ1v) is 8.07. The van der Waals surface area contributed by atoms with Gasteiger partial charge in [0.2, 0.25) is 10.0 Å². The molecule has 0 amide bonds. The SMILES string of the molecule is CC(Br)C(C)(C)NS(=O)(=O)CC1CCCO1. The summed E-state index contributed by atoms with van der Waals surface area (Å²) in [6.07, 6.45) is 1.66. The second kappa shape index (κ2) is 5.33. The fraction of sp³-hybridized carbons (Fsp3) is 1.00. The van der Waals surface area contributed by atoms with Gasteiger partial charge < -0.3 is 4.74 Å². The summed E-state index contributed by atoms with van der Waals surface area (Å²) in [5, 5.41) is 0. The Morgan fingerprint density at radius 2 is 2.19 bits per heavy atom. The zero-order chi connectivity index (χ0) is 12.4. The molecule has 6 heteroatoms. The van der Waals surface area contributed by atoms with E-state index in [1.165, 1.54) is 0 Å². The number of sulfonamides is 1.